The number of primary amides is 1. The second-order valence-electron chi connectivity index (χ2n) is 9.02. The summed E-state index contributed by atoms with van der Waals surface area (Å²) < 4.78 is 5.39. The number of aryl methyl sites for hydroxylation is 2. The van der Waals surface area contributed by atoms with E-state index in [1.54, 1.807) is 0 Å². The van der Waals surface area contributed by atoms with Crippen LogP contribution in [-0.2, 0) is 11.3 Å². The van der Waals surface area contributed by atoms with Crippen LogP contribution >= 0.6 is 11.6 Å². The number of anilines is 2. The highest BCUT2D eigenvalue weighted by atomic mass is 35.5. The first kappa shape index (κ1) is 24.0. The molecule has 1 amide bonds. The van der Waals surface area contributed by atoms with Crippen molar-refractivity contribution in [3.8, 4) is 11.1 Å². The van der Waals surface area contributed by atoms with E-state index in [2.05, 4.69) is 21.4 Å². The summed E-state index contributed by atoms with van der Waals surface area (Å²) in [4.78, 5) is 25.3. The van der Waals surface area contributed by atoms with Crippen LogP contribution in [0.3, 0.4) is 0 Å². The second-order valence-corrected chi connectivity index (χ2v) is 9.45. The van der Waals surface area contributed by atoms with Crippen molar-refractivity contribution in [3.63, 3.8) is 0 Å². The Kier molecular flexibility index (Phi) is 6.75. The number of hydrogen-bond acceptors (Lipinski definition) is 8. The third-order valence-corrected chi connectivity index (χ3v) is 6.62. The summed E-state index contributed by atoms with van der Waals surface area (Å²) in [6.45, 7) is 7.55. The van der Waals surface area contributed by atoms with E-state index in [-0.39, 0.29) is 12.5 Å². The van der Waals surface area contributed by atoms with Gasteiger partial charge in [-0.1, -0.05) is 35.0 Å². The van der Waals surface area contributed by atoms with Crippen molar-refractivity contribution in [1.82, 2.24) is 20.0 Å². The molecule has 1 aliphatic rings. The topological polar surface area (TPSA) is 113 Å². The number of nitrogens with zero attached hydrogens (tertiary/aromatic N) is 5. The standard InChI is InChI=1S/C26H28ClN7O2/c1-16-24(17(2)36-32-16)19-6-7-22-21(13-19)25(29-14-18-4-3-5-20(27)12-18)31-26(30-22)34-10-8-33(9-11-34)15-23(28)35/h3-7,12-13H,8-11,14-15H2,1-2H3,(H2,28,35)(H,29,30,31). The first-order valence-corrected chi connectivity index (χ1v) is 12.2. The fraction of sp³-hybridized carbons (Fsp3) is 0.308. The summed E-state index contributed by atoms with van der Waals surface area (Å²) >= 11 is 6.19. The van der Waals surface area contributed by atoms with Crippen molar-refractivity contribution in [2.75, 3.05) is 42.9 Å². The molecule has 5 rings (SSSR count). The third kappa shape index (κ3) is 5.12. The number of piperazine rings is 1. The molecule has 3 N–H and O–H groups in total. The zero-order valence-electron chi connectivity index (χ0n) is 20.3. The Hall–Kier alpha value is -3.69. The van der Waals surface area contributed by atoms with Gasteiger partial charge in [0.25, 0.3) is 0 Å². The van der Waals surface area contributed by atoms with E-state index in [1.165, 1.54) is 0 Å². The van der Waals surface area contributed by atoms with Crippen molar-refractivity contribution in [2.45, 2.75) is 20.4 Å². The number of carbonyl (C=O) groups excluding carboxylic acids is 1. The minimum Gasteiger partial charge on any atom is -0.369 e. The zero-order valence-corrected chi connectivity index (χ0v) is 21.0. The number of hydrogen-bond donors (Lipinski definition) is 2. The molecule has 186 valence electrons. The maximum atomic E-state index is 11.3. The first-order chi connectivity index (χ1) is 17.4. The maximum absolute atomic E-state index is 11.3. The monoisotopic (exact) mass is 505 g/mol. The molecule has 9 nitrogen and oxygen atoms in total. The summed E-state index contributed by atoms with van der Waals surface area (Å²) in [6.07, 6.45) is 0. The summed E-state index contributed by atoms with van der Waals surface area (Å²) in [7, 11) is 0. The summed E-state index contributed by atoms with van der Waals surface area (Å²) in [5, 5.41) is 9.20. The van der Waals surface area contributed by atoms with E-state index >= 15 is 0 Å². The molecule has 10 heteroatoms. The lowest BCUT2D eigenvalue weighted by Crippen LogP contribution is -2.49. The highest BCUT2D eigenvalue weighted by molar-refractivity contribution is 6.30. The van der Waals surface area contributed by atoms with Gasteiger partial charge in [-0.2, -0.15) is 4.98 Å². The first-order valence-electron chi connectivity index (χ1n) is 11.9. The smallest absolute Gasteiger partial charge is 0.231 e. The van der Waals surface area contributed by atoms with E-state index in [1.807, 2.05) is 55.1 Å². The Morgan fingerprint density at radius 1 is 1.11 bits per heavy atom. The molecule has 1 aliphatic heterocycles. The number of carbonyl (C=O) groups is 1. The van der Waals surface area contributed by atoms with Crippen LogP contribution in [0.25, 0.3) is 22.0 Å². The molecule has 2 aromatic carbocycles. The van der Waals surface area contributed by atoms with Crippen LogP contribution in [0.5, 0.6) is 0 Å². The minimum atomic E-state index is -0.313. The van der Waals surface area contributed by atoms with Crippen molar-refractivity contribution in [2.24, 2.45) is 5.73 Å². The van der Waals surface area contributed by atoms with Gasteiger partial charge >= 0.3 is 0 Å². The number of benzene rings is 2. The molecule has 2 aromatic heterocycles. The van der Waals surface area contributed by atoms with Gasteiger partial charge in [-0.25, -0.2) is 4.98 Å². The molecule has 0 radical (unpaired) electrons. The molecular formula is C26H28ClN7O2. The van der Waals surface area contributed by atoms with Crippen LogP contribution in [0, 0.1) is 13.8 Å². The van der Waals surface area contributed by atoms with Gasteiger partial charge in [0.05, 0.1) is 17.8 Å². The molecule has 0 bridgehead atoms. The molecule has 36 heavy (non-hydrogen) atoms. The van der Waals surface area contributed by atoms with E-state index < -0.39 is 0 Å². The molecule has 4 aromatic rings. The summed E-state index contributed by atoms with van der Waals surface area (Å²) in [6, 6.07) is 13.9. The van der Waals surface area contributed by atoms with Gasteiger partial charge in [-0.15, -0.1) is 0 Å². The van der Waals surface area contributed by atoms with E-state index in [9.17, 15) is 4.79 Å². The molecule has 1 saturated heterocycles. The van der Waals surface area contributed by atoms with Crippen LogP contribution < -0.4 is 16.0 Å². The van der Waals surface area contributed by atoms with Crippen molar-refractivity contribution < 1.29 is 9.32 Å². The summed E-state index contributed by atoms with van der Waals surface area (Å²) in [5.41, 5.74) is 10.1. The highest BCUT2D eigenvalue weighted by Gasteiger charge is 2.22. The Morgan fingerprint density at radius 2 is 1.92 bits per heavy atom. The van der Waals surface area contributed by atoms with Gasteiger partial charge in [0.15, 0.2) is 0 Å². The number of amides is 1. The van der Waals surface area contributed by atoms with Crippen LogP contribution in [0.1, 0.15) is 17.0 Å². The number of halogens is 1. The third-order valence-electron chi connectivity index (χ3n) is 6.39. The van der Waals surface area contributed by atoms with Gasteiger partial charge < -0.3 is 20.5 Å². The van der Waals surface area contributed by atoms with Crippen molar-refractivity contribution in [1.29, 1.82) is 0 Å². The predicted molar refractivity (Wildman–Crippen MR) is 141 cm³/mol. The molecule has 0 saturated carbocycles. The number of rotatable bonds is 7. The van der Waals surface area contributed by atoms with Gasteiger partial charge in [-0.3, -0.25) is 9.69 Å². The minimum absolute atomic E-state index is 0.267. The molecule has 0 unspecified atom stereocenters. The highest BCUT2D eigenvalue weighted by Crippen LogP contribution is 2.32. The summed E-state index contributed by atoms with van der Waals surface area (Å²) in [5.74, 6) is 1.85. The molecule has 1 fully saturated rings. The quantitative estimate of drug-likeness (QED) is 0.390. The Morgan fingerprint density at radius 3 is 2.61 bits per heavy atom. The molecule has 0 aliphatic carbocycles. The second kappa shape index (κ2) is 10.1. The fourth-order valence-corrected chi connectivity index (χ4v) is 4.81. The lowest BCUT2D eigenvalue weighted by molar-refractivity contribution is -0.119. The van der Waals surface area contributed by atoms with E-state index in [4.69, 9.17) is 31.8 Å². The van der Waals surface area contributed by atoms with Crippen LogP contribution in [0.2, 0.25) is 5.02 Å². The largest absolute Gasteiger partial charge is 0.369 e. The normalized spacial score (nSPS) is 14.4. The van der Waals surface area contributed by atoms with Gasteiger partial charge in [-0.05, 0) is 49.2 Å². The molecular weight excluding hydrogens is 478 g/mol. The maximum Gasteiger partial charge on any atom is 0.231 e. The Balaban J connectivity index is 1.50. The van der Waals surface area contributed by atoms with Crippen LogP contribution in [-0.4, -0.2) is 58.7 Å². The Labute approximate surface area is 214 Å². The molecule has 0 spiro atoms. The van der Waals surface area contributed by atoms with Gasteiger partial charge in [0, 0.05) is 48.7 Å². The lowest BCUT2D eigenvalue weighted by Gasteiger charge is -2.34. The Bertz CT molecular complexity index is 1390. The number of fused-ring (bicyclic) bond motifs is 1. The molecule has 3 heterocycles. The van der Waals surface area contributed by atoms with Crippen molar-refractivity contribution in [3.05, 3.63) is 64.5 Å². The number of nitrogens with one attached hydrogen (secondary N) is 1. The van der Waals surface area contributed by atoms with Crippen molar-refractivity contribution >= 4 is 40.2 Å². The van der Waals surface area contributed by atoms with E-state index in [0.29, 0.717) is 30.6 Å². The zero-order chi connectivity index (χ0) is 25.2. The molecule has 0 atom stereocenters. The number of aromatic nitrogens is 3. The number of nitrogens with two attached hydrogens (primary N) is 1. The van der Waals surface area contributed by atoms with E-state index in [0.717, 1.165) is 58.0 Å². The van der Waals surface area contributed by atoms with Crippen LogP contribution in [0.4, 0.5) is 11.8 Å². The average Bonchev–Trinajstić information content (AvgIpc) is 3.20. The van der Waals surface area contributed by atoms with Gasteiger partial charge in [0.2, 0.25) is 11.9 Å². The van der Waals surface area contributed by atoms with Gasteiger partial charge in [0.1, 0.15) is 11.6 Å². The SMILES string of the molecule is Cc1noc(C)c1-c1ccc2nc(N3CCN(CC(N)=O)CC3)nc(NCc3cccc(Cl)c3)c2c1. The average molecular weight is 506 g/mol. The predicted octanol–water partition coefficient (Wildman–Crippen LogP) is 3.77. The van der Waals surface area contributed by atoms with Crippen LogP contribution in [0.15, 0.2) is 47.0 Å². The fourth-order valence-electron chi connectivity index (χ4n) is 4.60. The lowest BCUT2D eigenvalue weighted by atomic mass is 10.0.